The fraction of sp³-hybridized carbons (Fsp3) is 0.600. The highest BCUT2D eigenvalue weighted by Crippen LogP contribution is 2.23. The zero-order valence-electron chi connectivity index (χ0n) is 11.2. The number of hydrogen-bond acceptors (Lipinski definition) is 2. The van der Waals surface area contributed by atoms with E-state index in [-0.39, 0.29) is 0 Å². The highest BCUT2D eigenvalue weighted by Gasteiger charge is 2.27. The fourth-order valence-electron chi connectivity index (χ4n) is 2.54. The quantitative estimate of drug-likeness (QED) is 0.839. The number of sulfone groups is 1. The fourth-order valence-corrected chi connectivity index (χ4v) is 4.45. The lowest BCUT2D eigenvalue weighted by atomic mass is 9.96. The van der Waals surface area contributed by atoms with Crippen molar-refractivity contribution in [1.82, 2.24) is 0 Å². The van der Waals surface area contributed by atoms with Gasteiger partial charge in [0.05, 0.1) is 11.5 Å². The van der Waals surface area contributed by atoms with Gasteiger partial charge in [0.2, 0.25) is 0 Å². The minimum absolute atomic E-state index is 0.375. The number of rotatable bonds is 4. The first-order valence-corrected chi connectivity index (χ1v) is 8.58. The maximum Gasteiger partial charge on any atom is 0.150 e. The third-order valence-corrected chi connectivity index (χ3v) is 5.65. The summed E-state index contributed by atoms with van der Waals surface area (Å²) in [6.45, 7) is 4.39. The lowest BCUT2D eigenvalue weighted by molar-refractivity contribution is 0.542. The minimum Gasteiger partial charge on any atom is -0.229 e. The first kappa shape index (κ1) is 13.6. The van der Waals surface area contributed by atoms with E-state index in [2.05, 4.69) is 38.1 Å². The van der Waals surface area contributed by atoms with E-state index < -0.39 is 9.84 Å². The lowest BCUT2D eigenvalue weighted by Crippen LogP contribution is -2.05. The maximum atomic E-state index is 11.4. The molecule has 100 valence electrons. The standard InChI is InChI=1S/C15H22O2S/c1-12(2)15-7-5-13(6-8-15)3-4-14-9-10-18(16,17)11-14/h5-8,12,14H,3-4,9-11H2,1-2H3/t14-/m0/s1. The Hall–Kier alpha value is -0.830. The van der Waals surface area contributed by atoms with Gasteiger partial charge in [0.1, 0.15) is 0 Å². The third kappa shape index (κ3) is 3.58. The second-order valence-corrected chi connectivity index (χ2v) is 7.93. The summed E-state index contributed by atoms with van der Waals surface area (Å²) in [6, 6.07) is 8.73. The molecule has 0 saturated carbocycles. The Kier molecular flexibility index (Phi) is 4.10. The minimum atomic E-state index is -2.72. The van der Waals surface area contributed by atoms with Crippen LogP contribution in [0, 0.1) is 5.92 Å². The Balaban J connectivity index is 1.87. The van der Waals surface area contributed by atoms with Crippen LogP contribution in [0.5, 0.6) is 0 Å². The van der Waals surface area contributed by atoms with E-state index in [1.54, 1.807) is 0 Å². The van der Waals surface area contributed by atoms with E-state index in [1.165, 1.54) is 11.1 Å². The second-order valence-electron chi connectivity index (χ2n) is 5.70. The van der Waals surface area contributed by atoms with Crippen molar-refractivity contribution in [1.29, 1.82) is 0 Å². The van der Waals surface area contributed by atoms with E-state index in [4.69, 9.17) is 0 Å². The van der Waals surface area contributed by atoms with Crippen LogP contribution in [-0.2, 0) is 16.3 Å². The zero-order chi connectivity index (χ0) is 13.2. The second kappa shape index (κ2) is 5.43. The van der Waals surface area contributed by atoms with Gasteiger partial charge < -0.3 is 0 Å². The Morgan fingerprint density at radius 1 is 1.22 bits per heavy atom. The summed E-state index contributed by atoms with van der Waals surface area (Å²) in [5, 5.41) is 0. The highest BCUT2D eigenvalue weighted by atomic mass is 32.2. The third-order valence-electron chi connectivity index (χ3n) is 3.81. The summed E-state index contributed by atoms with van der Waals surface area (Å²) in [6.07, 6.45) is 2.85. The van der Waals surface area contributed by atoms with E-state index in [0.717, 1.165) is 19.3 Å². The summed E-state index contributed by atoms with van der Waals surface area (Å²) in [5.41, 5.74) is 2.69. The van der Waals surface area contributed by atoms with E-state index in [0.29, 0.717) is 23.3 Å². The van der Waals surface area contributed by atoms with Crippen molar-refractivity contribution in [2.75, 3.05) is 11.5 Å². The van der Waals surface area contributed by atoms with Gasteiger partial charge in [-0.2, -0.15) is 0 Å². The van der Waals surface area contributed by atoms with Crippen LogP contribution in [0.4, 0.5) is 0 Å². The molecular formula is C15H22O2S. The summed E-state index contributed by atoms with van der Waals surface area (Å²) < 4.78 is 22.7. The lowest BCUT2D eigenvalue weighted by Gasteiger charge is -2.09. The molecule has 2 nitrogen and oxygen atoms in total. The van der Waals surface area contributed by atoms with Gasteiger partial charge in [0.25, 0.3) is 0 Å². The topological polar surface area (TPSA) is 34.1 Å². The molecule has 1 aromatic carbocycles. The molecule has 0 amide bonds. The van der Waals surface area contributed by atoms with Crippen molar-refractivity contribution < 1.29 is 8.42 Å². The van der Waals surface area contributed by atoms with Crippen molar-refractivity contribution >= 4 is 9.84 Å². The van der Waals surface area contributed by atoms with Gasteiger partial charge in [0.15, 0.2) is 9.84 Å². The van der Waals surface area contributed by atoms with E-state index in [1.807, 2.05) is 0 Å². The Labute approximate surface area is 110 Å². The molecule has 18 heavy (non-hydrogen) atoms. The van der Waals surface area contributed by atoms with Crippen molar-refractivity contribution in [2.24, 2.45) is 5.92 Å². The monoisotopic (exact) mass is 266 g/mol. The van der Waals surface area contributed by atoms with Crippen LogP contribution in [0.15, 0.2) is 24.3 Å². The molecule has 1 fully saturated rings. The molecule has 3 heteroatoms. The molecule has 0 aromatic heterocycles. The maximum absolute atomic E-state index is 11.4. The predicted molar refractivity (Wildman–Crippen MR) is 75.6 cm³/mol. The normalized spacial score (nSPS) is 22.5. The van der Waals surface area contributed by atoms with E-state index >= 15 is 0 Å². The first-order chi connectivity index (χ1) is 8.46. The largest absolute Gasteiger partial charge is 0.229 e. The molecule has 1 aromatic rings. The zero-order valence-corrected chi connectivity index (χ0v) is 12.0. The van der Waals surface area contributed by atoms with Crippen LogP contribution in [0.3, 0.4) is 0 Å². The van der Waals surface area contributed by atoms with Gasteiger partial charge in [0, 0.05) is 0 Å². The average Bonchev–Trinajstić information content (AvgIpc) is 2.67. The van der Waals surface area contributed by atoms with E-state index in [9.17, 15) is 8.42 Å². The Morgan fingerprint density at radius 2 is 1.89 bits per heavy atom. The van der Waals surface area contributed by atoms with Crippen LogP contribution < -0.4 is 0 Å². The van der Waals surface area contributed by atoms with Gasteiger partial charge >= 0.3 is 0 Å². The Morgan fingerprint density at radius 3 is 2.39 bits per heavy atom. The molecule has 1 saturated heterocycles. The molecule has 1 heterocycles. The number of hydrogen-bond donors (Lipinski definition) is 0. The smallest absolute Gasteiger partial charge is 0.150 e. The van der Waals surface area contributed by atoms with Crippen molar-refractivity contribution in [3.8, 4) is 0 Å². The number of benzene rings is 1. The SMILES string of the molecule is CC(C)c1ccc(CC[C@H]2CCS(=O)(=O)C2)cc1. The van der Waals surface area contributed by atoms with Crippen LogP contribution in [-0.4, -0.2) is 19.9 Å². The van der Waals surface area contributed by atoms with Gasteiger partial charge in [-0.05, 0) is 42.2 Å². The van der Waals surface area contributed by atoms with Crippen molar-refractivity contribution in [3.63, 3.8) is 0 Å². The molecule has 0 N–H and O–H groups in total. The first-order valence-electron chi connectivity index (χ1n) is 6.75. The number of aryl methyl sites for hydroxylation is 1. The summed E-state index contributed by atoms with van der Waals surface area (Å²) >= 11 is 0. The van der Waals surface area contributed by atoms with Crippen LogP contribution in [0.1, 0.15) is 43.7 Å². The predicted octanol–water partition coefficient (Wildman–Crippen LogP) is 3.18. The molecule has 0 aliphatic carbocycles. The summed E-state index contributed by atoms with van der Waals surface area (Å²) in [4.78, 5) is 0. The summed E-state index contributed by atoms with van der Waals surface area (Å²) in [5.74, 6) is 1.74. The van der Waals surface area contributed by atoms with Gasteiger partial charge in [-0.15, -0.1) is 0 Å². The van der Waals surface area contributed by atoms with Crippen LogP contribution in [0.2, 0.25) is 0 Å². The summed E-state index contributed by atoms with van der Waals surface area (Å²) in [7, 11) is -2.72. The molecule has 2 rings (SSSR count). The van der Waals surface area contributed by atoms with Gasteiger partial charge in [-0.25, -0.2) is 8.42 Å². The molecule has 1 atom stereocenters. The Bertz CT molecular complexity index is 486. The molecule has 0 spiro atoms. The average molecular weight is 266 g/mol. The van der Waals surface area contributed by atoms with Crippen LogP contribution in [0.25, 0.3) is 0 Å². The van der Waals surface area contributed by atoms with Gasteiger partial charge in [-0.1, -0.05) is 38.1 Å². The van der Waals surface area contributed by atoms with Gasteiger partial charge in [-0.3, -0.25) is 0 Å². The highest BCUT2D eigenvalue weighted by molar-refractivity contribution is 7.91. The molecule has 1 aliphatic heterocycles. The molecule has 0 bridgehead atoms. The van der Waals surface area contributed by atoms with Crippen molar-refractivity contribution in [2.45, 2.75) is 39.0 Å². The molecule has 0 unspecified atom stereocenters. The molecule has 0 radical (unpaired) electrons. The molecule has 1 aliphatic rings. The van der Waals surface area contributed by atoms with Crippen LogP contribution >= 0.6 is 0 Å². The van der Waals surface area contributed by atoms with Crippen molar-refractivity contribution in [3.05, 3.63) is 35.4 Å². The molecular weight excluding hydrogens is 244 g/mol.